The van der Waals surface area contributed by atoms with Gasteiger partial charge in [-0.3, -0.25) is 4.79 Å². The summed E-state index contributed by atoms with van der Waals surface area (Å²) in [6.07, 6.45) is 1.11. The molecule has 1 saturated heterocycles. The molecule has 1 aliphatic heterocycles. The minimum atomic E-state index is -0.350. The summed E-state index contributed by atoms with van der Waals surface area (Å²) in [6.45, 7) is 3.26. The molecule has 0 spiro atoms. The molecule has 5 nitrogen and oxygen atoms in total. The highest BCUT2D eigenvalue weighted by Crippen LogP contribution is 2.30. The maximum Gasteiger partial charge on any atom is 0.271 e. The number of aromatic nitrogens is 1. The van der Waals surface area contributed by atoms with E-state index in [2.05, 4.69) is 15.2 Å². The molecular formula is C17H20FN3O2S. The third kappa shape index (κ3) is 3.73. The van der Waals surface area contributed by atoms with Gasteiger partial charge in [0.05, 0.1) is 17.7 Å². The average Bonchev–Trinajstić information content (AvgIpc) is 3.10. The molecule has 1 amide bonds. The number of aliphatic hydroxyl groups excluding tert-OH is 1. The summed E-state index contributed by atoms with van der Waals surface area (Å²) in [6, 6.07) is 4.29. The molecule has 1 aromatic heterocycles. The molecule has 0 aliphatic carbocycles. The number of hydrogen-bond acceptors (Lipinski definition) is 5. The van der Waals surface area contributed by atoms with E-state index < -0.39 is 0 Å². The zero-order chi connectivity index (χ0) is 17.1. The molecule has 2 N–H and O–H groups in total. The van der Waals surface area contributed by atoms with Gasteiger partial charge < -0.3 is 15.3 Å². The van der Waals surface area contributed by atoms with Crippen molar-refractivity contribution in [3.63, 3.8) is 0 Å². The van der Waals surface area contributed by atoms with Crippen LogP contribution in [0.5, 0.6) is 0 Å². The number of thiazole rings is 1. The number of hydrogen-bond donors (Lipinski definition) is 2. The van der Waals surface area contributed by atoms with E-state index >= 15 is 0 Å². The average molecular weight is 349 g/mol. The van der Waals surface area contributed by atoms with Crippen LogP contribution < -0.4 is 10.2 Å². The number of rotatable bonds is 4. The highest BCUT2D eigenvalue weighted by Gasteiger charge is 2.23. The van der Waals surface area contributed by atoms with Gasteiger partial charge in [0.1, 0.15) is 11.5 Å². The molecule has 0 radical (unpaired) electrons. The zero-order valence-electron chi connectivity index (χ0n) is 13.4. The number of amides is 1. The molecule has 0 bridgehead atoms. The Hall–Kier alpha value is -1.99. The van der Waals surface area contributed by atoms with Gasteiger partial charge in [-0.25, -0.2) is 9.37 Å². The summed E-state index contributed by atoms with van der Waals surface area (Å²) in [5.74, 6) is -0.603. The summed E-state index contributed by atoms with van der Waals surface area (Å²) in [7, 11) is 0. The van der Waals surface area contributed by atoms with Crippen LogP contribution in [0.1, 0.15) is 41.9 Å². The van der Waals surface area contributed by atoms with Gasteiger partial charge in [0.15, 0.2) is 0 Å². The van der Waals surface area contributed by atoms with E-state index in [4.69, 9.17) is 0 Å². The van der Waals surface area contributed by atoms with Crippen molar-refractivity contribution in [1.82, 2.24) is 10.3 Å². The molecule has 7 heteroatoms. The highest BCUT2D eigenvalue weighted by molar-refractivity contribution is 7.07. The lowest BCUT2D eigenvalue weighted by molar-refractivity contribution is 0.0935. The number of piperidine rings is 1. The van der Waals surface area contributed by atoms with E-state index in [1.165, 1.54) is 23.5 Å². The van der Waals surface area contributed by atoms with Crippen molar-refractivity contribution in [2.75, 3.05) is 18.0 Å². The van der Waals surface area contributed by atoms with Gasteiger partial charge in [0.25, 0.3) is 5.91 Å². The molecule has 3 rings (SSSR count). The monoisotopic (exact) mass is 349 g/mol. The van der Waals surface area contributed by atoms with Crippen molar-refractivity contribution in [2.45, 2.75) is 31.9 Å². The molecule has 24 heavy (non-hydrogen) atoms. The Labute approximate surface area is 144 Å². The number of benzene rings is 1. The van der Waals surface area contributed by atoms with Crippen LogP contribution in [0.4, 0.5) is 10.1 Å². The van der Waals surface area contributed by atoms with Gasteiger partial charge in [0.2, 0.25) is 0 Å². The Balaban J connectivity index is 1.80. The number of nitrogens with one attached hydrogen (secondary N) is 1. The molecule has 0 unspecified atom stereocenters. The van der Waals surface area contributed by atoms with Crippen LogP contribution in [0.2, 0.25) is 0 Å². The molecule has 1 atom stereocenters. The predicted octanol–water partition coefficient (Wildman–Crippen LogP) is 2.73. The Bertz CT molecular complexity index is 700. The Morgan fingerprint density at radius 2 is 2.21 bits per heavy atom. The normalized spacial score (nSPS) is 16.9. The molecule has 1 fully saturated rings. The van der Waals surface area contributed by atoms with Crippen LogP contribution in [-0.4, -0.2) is 35.2 Å². The second-order valence-corrected chi connectivity index (χ2v) is 6.71. The van der Waals surface area contributed by atoms with E-state index in [9.17, 15) is 14.3 Å². The number of carbonyl (C=O) groups is 1. The smallest absolute Gasteiger partial charge is 0.271 e. The fraction of sp³-hybridized carbons (Fsp3) is 0.412. The van der Waals surface area contributed by atoms with Crippen LogP contribution in [0.25, 0.3) is 0 Å². The van der Waals surface area contributed by atoms with E-state index in [0.717, 1.165) is 11.3 Å². The number of nitrogens with zero attached hydrogens (tertiary/aromatic N) is 2. The van der Waals surface area contributed by atoms with Crippen LogP contribution >= 0.6 is 11.3 Å². The maximum atomic E-state index is 13.8. The topological polar surface area (TPSA) is 65.5 Å². The van der Waals surface area contributed by atoms with Crippen molar-refractivity contribution in [2.24, 2.45) is 0 Å². The summed E-state index contributed by atoms with van der Waals surface area (Å²) in [5, 5.41) is 14.2. The summed E-state index contributed by atoms with van der Waals surface area (Å²) >= 11 is 1.36. The van der Waals surface area contributed by atoms with E-state index in [0.29, 0.717) is 31.6 Å². The summed E-state index contributed by atoms with van der Waals surface area (Å²) in [5.41, 5.74) is 3.60. The summed E-state index contributed by atoms with van der Waals surface area (Å²) in [4.78, 5) is 18.3. The maximum absolute atomic E-state index is 13.8. The quantitative estimate of drug-likeness (QED) is 0.891. The van der Waals surface area contributed by atoms with E-state index in [1.54, 1.807) is 17.0 Å². The van der Waals surface area contributed by atoms with E-state index in [-0.39, 0.29) is 23.9 Å². The van der Waals surface area contributed by atoms with Crippen molar-refractivity contribution in [3.05, 3.63) is 46.2 Å². The van der Waals surface area contributed by atoms with E-state index in [1.807, 2.05) is 6.92 Å². The first kappa shape index (κ1) is 16.9. The Morgan fingerprint density at radius 1 is 1.46 bits per heavy atom. The molecule has 128 valence electrons. The zero-order valence-corrected chi connectivity index (χ0v) is 14.2. The third-order valence-electron chi connectivity index (χ3n) is 4.27. The lowest BCUT2D eigenvalue weighted by Gasteiger charge is -2.34. The van der Waals surface area contributed by atoms with Crippen LogP contribution in [-0.2, 0) is 0 Å². The van der Waals surface area contributed by atoms with Crippen molar-refractivity contribution >= 4 is 22.9 Å². The fourth-order valence-corrected chi connectivity index (χ4v) is 3.47. The minimum Gasteiger partial charge on any atom is -0.393 e. The molecular weight excluding hydrogens is 329 g/mol. The van der Waals surface area contributed by atoms with Gasteiger partial charge in [-0.15, -0.1) is 11.3 Å². The largest absolute Gasteiger partial charge is 0.393 e. The van der Waals surface area contributed by atoms with Crippen molar-refractivity contribution in [3.8, 4) is 0 Å². The van der Waals surface area contributed by atoms with Crippen molar-refractivity contribution in [1.29, 1.82) is 0 Å². The SMILES string of the molecule is C[C@H](NC(=O)c1cscn1)c1cc(F)ccc1N1CCC(O)CC1. The van der Waals surface area contributed by atoms with Crippen LogP contribution in [0.15, 0.2) is 29.1 Å². The standard InChI is InChI=1S/C17H20FN3O2S/c1-11(20-17(23)15-9-24-10-19-15)14-8-12(18)2-3-16(14)21-6-4-13(22)5-7-21/h2-3,8-11,13,22H,4-7H2,1H3,(H,20,23)/t11-/m0/s1. The second-order valence-electron chi connectivity index (χ2n) is 5.99. The minimum absolute atomic E-state index is 0.270. The Morgan fingerprint density at radius 3 is 2.88 bits per heavy atom. The molecule has 1 aromatic carbocycles. The first-order chi connectivity index (χ1) is 11.5. The number of carbonyl (C=O) groups excluding carboxylic acids is 1. The lowest BCUT2D eigenvalue weighted by atomic mass is 10.0. The lowest BCUT2D eigenvalue weighted by Crippen LogP contribution is -2.37. The fourth-order valence-electron chi connectivity index (χ4n) is 2.94. The first-order valence-electron chi connectivity index (χ1n) is 7.96. The first-order valence-corrected chi connectivity index (χ1v) is 8.90. The van der Waals surface area contributed by atoms with Crippen LogP contribution in [0.3, 0.4) is 0 Å². The highest BCUT2D eigenvalue weighted by atomic mass is 32.1. The van der Waals surface area contributed by atoms with Crippen LogP contribution in [0, 0.1) is 5.82 Å². The second kappa shape index (κ2) is 7.27. The van der Waals surface area contributed by atoms with Crippen molar-refractivity contribution < 1.29 is 14.3 Å². The molecule has 0 saturated carbocycles. The number of halogens is 1. The molecule has 1 aliphatic rings. The summed E-state index contributed by atoms with van der Waals surface area (Å²) < 4.78 is 13.8. The van der Waals surface area contributed by atoms with Gasteiger partial charge in [-0.1, -0.05) is 0 Å². The van der Waals surface area contributed by atoms with Gasteiger partial charge in [0, 0.05) is 29.7 Å². The molecule has 2 aromatic rings. The van der Waals surface area contributed by atoms with Gasteiger partial charge in [-0.2, -0.15) is 0 Å². The van der Waals surface area contributed by atoms with Gasteiger partial charge in [-0.05, 0) is 38.0 Å². The number of anilines is 1. The Kier molecular flexibility index (Phi) is 5.11. The predicted molar refractivity (Wildman–Crippen MR) is 91.8 cm³/mol. The third-order valence-corrected chi connectivity index (χ3v) is 4.86. The van der Waals surface area contributed by atoms with Gasteiger partial charge >= 0.3 is 0 Å². The number of aliphatic hydroxyl groups is 1. The molecule has 2 heterocycles.